The fourth-order valence-corrected chi connectivity index (χ4v) is 4.33. The highest BCUT2D eigenvalue weighted by atomic mass is 32.1. The van der Waals surface area contributed by atoms with Crippen LogP contribution in [-0.2, 0) is 0 Å². The molecule has 2 aromatic heterocycles. The van der Waals surface area contributed by atoms with Gasteiger partial charge in [-0.25, -0.2) is 22.5 Å². The van der Waals surface area contributed by atoms with Gasteiger partial charge in [0.1, 0.15) is 5.82 Å². The molecule has 0 unspecified atom stereocenters. The van der Waals surface area contributed by atoms with Crippen LogP contribution in [0.15, 0.2) is 0 Å². The summed E-state index contributed by atoms with van der Waals surface area (Å²) < 4.78 is 57.9. The summed E-state index contributed by atoms with van der Waals surface area (Å²) >= 11 is 1.14. The number of aromatic nitrogens is 5. The van der Waals surface area contributed by atoms with Crippen LogP contribution in [0.3, 0.4) is 0 Å². The predicted octanol–water partition coefficient (Wildman–Crippen LogP) is 4.68. The molecule has 2 aliphatic carbocycles. The zero-order chi connectivity index (χ0) is 21.4. The van der Waals surface area contributed by atoms with Crippen molar-refractivity contribution in [1.29, 1.82) is 0 Å². The molecular formula is C18H23F4N7S. The van der Waals surface area contributed by atoms with Crippen molar-refractivity contribution in [2.24, 2.45) is 0 Å². The van der Waals surface area contributed by atoms with Crippen LogP contribution in [0.25, 0.3) is 10.8 Å². The van der Waals surface area contributed by atoms with Crippen molar-refractivity contribution in [3.63, 3.8) is 0 Å². The molecule has 0 bridgehead atoms. The zero-order valence-corrected chi connectivity index (χ0v) is 17.3. The van der Waals surface area contributed by atoms with E-state index in [0.717, 1.165) is 11.5 Å². The number of aryl methyl sites for hydroxylation is 1. The Morgan fingerprint density at radius 2 is 1.23 bits per heavy atom. The summed E-state index contributed by atoms with van der Waals surface area (Å²) in [5, 5.41) is 6.76. The molecule has 0 amide bonds. The summed E-state index contributed by atoms with van der Waals surface area (Å²) in [6, 6.07) is -0.338. The van der Waals surface area contributed by atoms with Gasteiger partial charge in [-0.1, -0.05) is 0 Å². The van der Waals surface area contributed by atoms with Crippen molar-refractivity contribution >= 4 is 23.4 Å². The standard InChI is InChI=1S/C18H23F4N7S/c1-10-23-14(30-29-10)13-26-15(24-11-2-6-17(19,20)7-3-11)28-16(27-13)25-12-4-8-18(21,22)9-5-12/h11-12H,2-9H2,1H3,(H2,24,25,26,27,28). The quantitative estimate of drug-likeness (QED) is 0.646. The van der Waals surface area contributed by atoms with E-state index >= 15 is 0 Å². The van der Waals surface area contributed by atoms with Gasteiger partial charge in [-0.15, -0.1) is 0 Å². The molecule has 0 atom stereocenters. The average Bonchev–Trinajstić information content (AvgIpc) is 3.12. The second-order valence-electron chi connectivity index (χ2n) is 8.00. The van der Waals surface area contributed by atoms with Crippen molar-refractivity contribution in [3.8, 4) is 10.8 Å². The summed E-state index contributed by atoms with van der Waals surface area (Å²) in [4.78, 5) is 17.4. The first-order valence-corrected chi connectivity index (χ1v) is 10.8. The van der Waals surface area contributed by atoms with Crippen LogP contribution in [0.1, 0.15) is 57.2 Å². The van der Waals surface area contributed by atoms with Crippen LogP contribution >= 0.6 is 11.5 Å². The Hall–Kier alpha value is -2.11. The van der Waals surface area contributed by atoms with E-state index in [1.54, 1.807) is 6.92 Å². The fraction of sp³-hybridized carbons (Fsp3) is 0.722. The molecule has 2 fully saturated rings. The number of hydrogen-bond acceptors (Lipinski definition) is 8. The molecule has 12 heteroatoms. The Morgan fingerprint density at radius 1 is 0.767 bits per heavy atom. The second kappa shape index (κ2) is 8.20. The van der Waals surface area contributed by atoms with Gasteiger partial charge in [0.25, 0.3) is 0 Å². The van der Waals surface area contributed by atoms with Gasteiger partial charge >= 0.3 is 0 Å². The number of nitrogens with zero attached hydrogens (tertiary/aromatic N) is 5. The average molecular weight is 445 g/mol. The fourth-order valence-electron chi connectivity index (χ4n) is 3.72. The first-order valence-electron chi connectivity index (χ1n) is 10.0. The summed E-state index contributed by atoms with van der Waals surface area (Å²) in [5.41, 5.74) is 0. The van der Waals surface area contributed by atoms with Crippen LogP contribution in [0.5, 0.6) is 0 Å². The molecule has 2 aromatic rings. The van der Waals surface area contributed by atoms with Crippen molar-refractivity contribution < 1.29 is 17.6 Å². The molecule has 4 rings (SSSR count). The SMILES string of the molecule is Cc1nsc(-c2nc(NC3CCC(F)(F)CC3)nc(NC3CCC(F)(F)CC3)n2)n1. The number of alkyl halides is 4. The topological polar surface area (TPSA) is 88.5 Å². The van der Waals surface area contributed by atoms with Crippen molar-refractivity contribution in [2.45, 2.75) is 82.2 Å². The minimum absolute atomic E-state index is 0.169. The Labute approximate surface area is 175 Å². The second-order valence-corrected chi connectivity index (χ2v) is 8.75. The molecule has 2 N–H and O–H groups in total. The third-order valence-electron chi connectivity index (χ3n) is 5.45. The first-order chi connectivity index (χ1) is 14.2. The number of hydrogen-bond donors (Lipinski definition) is 2. The molecule has 0 aromatic carbocycles. The molecule has 0 spiro atoms. The van der Waals surface area contributed by atoms with Gasteiger partial charge in [0.2, 0.25) is 23.7 Å². The summed E-state index contributed by atoms with van der Waals surface area (Å²) in [6.45, 7) is 1.75. The molecule has 7 nitrogen and oxygen atoms in total. The van der Waals surface area contributed by atoms with Crippen molar-refractivity contribution in [1.82, 2.24) is 24.3 Å². The highest BCUT2D eigenvalue weighted by Gasteiger charge is 2.36. The lowest BCUT2D eigenvalue weighted by Crippen LogP contribution is -2.33. The highest BCUT2D eigenvalue weighted by molar-refractivity contribution is 7.09. The summed E-state index contributed by atoms with van der Waals surface area (Å²) in [5.74, 6) is -3.84. The molecule has 2 heterocycles. The monoisotopic (exact) mass is 445 g/mol. The first kappa shape index (κ1) is 21.1. The maximum Gasteiger partial charge on any atom is 0.248 e. The van der Waals surface area contributed by atoms with Gasteiger partial charge in [-0.05, 0) is 44.1 Å². The van der Waals surface area contributed by atoms with Gasteiger partial charge in [-0.3, -0.25) is 0 Å². The van der Waals surface area contributed by atoms with E-state index in [4.69, 9.17) is 0 Å². The van der Waals surface area contributed by atoms with E-state index in [1.807, 2.05) is 0 Å². The highest BCUT2D eigenvalue weighted by Crippen LogP contribution is 2.35. The van der Waals surface area contributed by atoms with E-state index in [-0.39, 0.29) is 49.7 Å². The van der Waals surface area contributed by atoms with E-state index < -0.39 is 11.8 Å². The van der Waals surface area contributed by atoms with Crippen LogP contribution in [0.2, 0.25) is 0 Å². The summed E-state index contributed by atoms with van der Waals surface area (Å²) in [6.07, 6.45) is 0.524. The smallest absolute Gasteiger partial charge is 0.248 e. The van der Waals surface area contributed by atoms with Crippen LogP contribution in [0.4, 0.5) is 29.5 Å². The maximum atomic E-state index is 13.4. The molecule has 30 heavy (non-hydrogen) atoms. The maximum absolute atomic E-state index is 13.4. The Kier molecular flexibility index (Phi) is 5.78. The van der Waals surface area contributed by atoms with Crippen molar-refractivity contribution in [2.75, 3.05) is 10.6 Å². The number of halogens is 4. The molecule has 0 saturated heterocycles. The third-order valence-corrected chi connectivity index (χ3v) is 6.26. The lowest BCUT2D eigenvalue weighted by molar-refractivity contribution is -0.0366. The van der Waals surface area contributed by atoms with Crippen LogP contribution in [-0.4, -0.2) is 48.2 Å². The lowest BCUT2D eigenvalue weighted by Gasteiger charge is -2.29. The van der Waals surface area contributed by atoms with Crippen LogP contribution < -0.4 is 10.6 Å². The summed E-state index contributed by atoms with van der Waals surface area (Å²) in [7, 11) is 0. The predicted molar refractivity (Wildman–Crippen MR) is 105 cm³/mol. The van der Waals surface area contributed by atoms with Gasteiger partial charge < -0.3 is 10.6 Å². The van der Waals surface area contributed by atoms with E-state index in [9.17, 15) is 17.6 Å². The molecule has 0 aliphatic heterocycles. The molecule has 2 saturated carbocycles. The van der Waals surface area contributed by atoms with Crippen LogP contribution in [0, 0.1) is 6.92 Å². The number of anilines is 2. The number of nitrogens with one attached hydrogen (secondary N) is 2. The molecule has 2 aliphatic rings. The van der Waals surface area contributed by atoms with Gasteiger partial charge in [0, 0.05) is 37.8 Å². The Bertz CT molecular complexity index is 823. The molecular weight excluding hydrogens is 422 g/mol. The van der Waals surface area contributed by atoms with Gasteiger partial charge in [-0.2, -0.15) is 19.3 Å². The van der Waals surface area contributed by atoms with E-state index in [0.29, 0.717) is 42.3 Å². The lowest BCUT2D eigenvalue weighted by atomic mass is 9.92. The minimum atomic E-state index is -2.62. The Balaban J connectivity index is 1.52. The third kappa shape index (κ3) is 5.32. The minimum Gasteiger partial charge on any atom is -0.351 e. The van der Waals surface area contributed by atoms with Gasteiger partial charge in [0.15, 0.2) is 10.8 Å². The molecule has 0 radical (unpaired) electrons. The van der Waals surface area contributed by atoms with Gasteiger partial charge in [0.05, 0.1) is 0 Å². The van der Waals surface area contributed by atoms with E-state index in [1.165, 1.54) is 0 Å². The largest absolute Gasteiger partial charge is 0.351 e. The number of rotatable bonds is 5. The normalized spacial score (nSPS) is 22.0. The van der Waals surface area contributed by atoms with E-state index in [2.05, 4.69) is 34.9 Å². The zero-order valence-electron chi connectivity index (χ0n) is 16.5. The Morgan fingerprint density at radius 3 is 1.63 bits per heavy atom. The van der Waals surface area contributed by atoms with Crippen molar-refractivity contribution in [3.05, 3.63) is 5.82 Å². The molecule has 164 valence electrons.